The second-order valence-electron chi connectivity index (χ2n) is 9.66. The monoisotopic (exact) mass is 588 g/mol. The van der Waals surface area contributed by atoms with Gasteiger partial charge in [-0.25, -0.2) is 9.59 Å². The first-order valence-corrected chi connectivity index (χ1v) is 14.0. The summed E-state index contributed by atoms with van der Waals surface area (Å²) < 4.78 is 10.7. The molecule has 0 radical (unpaired) electrons. The highest BCUT2D eigenvalue weighted by atomic mass is 35.5. The van der Waals surface area contributed by atoms with Crippen LogP contribution in [0.4, 0.5) is 4.79 Å². The first kappa shape index (κ1) is 29.7. The number of rotatable bonds is 8. The number of ether oxygens (including phenoxy) is 2. The smallest absolute Gasteiger partial charge is 0.338 e. The molecule has 4 rings (SSSR count). The van der Waals surface area contributed by atoms with E-state index in [1.807, 2.05) is 18.7 Å². The van der Waals surface area contributed by atoms with Crippen LogP contribution in [0.3, 0.4) is 0 Å². The molecule has 1 fully saturated rings. The Kier molecular flexibility index (Phi) is 9.60. The number of carbonyl (C=O) groups is 3. The van der Waals surface area contributed by atoms with Crippen molar-refractivity contribution in [2.45, 2.75) is 32.9 Å². The number of carbonyl (C=O) groups excluding carboxylic acids is 3. The first-order valence-electron chi connectivity index (χ1n) is 13.3. The van der Waals surface area contributed by atoms with E-state index in [2.05, 4.69) is 10.2 Å². The predicted octanol–water partition coefficient (Wildman–Crippen LogP) is 4.75. The van der Waals surface area contributed by atoms with Gasteiger partial charge < -0.3 is 19.7 Å². The molecule has 3 amide bonds. The Labute approximate surface area is 244 Å². The Bertz CT molecular complexity index is 1300. The molecule has 0 aromatic heterocycles. The zero-order valence-corrected chi connectivity index (χ0v) is 24.6. The van der Waals surface area contributed by atoms with Gasteiger partial charge in [-0.2, -0.15) is 0 Å². The van der Waals surface area contributed by atoms with Crippen molar-refractivity contribution in [2.75, 3.05) is 46.4 Å². The van der Waals surface area contributed by atoms with E-state index in [0.29, 0.717) is 65.9 Å². The number of nitrogens with one attached hydrogen (secondary N) is 1. The van der Waals surface area contributed by atoms with Crippen LogP contribution >= 0.6 is 23.2 Å². The molecule has 0 aliphatic carbocycles. The third-order valence-electron chi connectivity index (χ3n) is 7.23. The summed E-state index contributed by atoms with van der Waals surface area (Å²) >= 11 is 12.8. The molecule has 0 spiro atoms. The van der Waals surface area contributed by atoms with Crippen LogP contribution in [0.1, 0.15) is 42.7 Å². The van der Waals surface area contributed by atoms with Crippen molar-refractivity contribution in [1.29, 1.82) is 0 Å². The zero-order valence-electron chi connectivity index (χ0n) is 23.1. The van der Waals surface area contributed by atoms with E-state index in [0.717, 1.165) is 0 Å². The van der Waals surface area contributed by atoms with E-state index in [1.165, 1.54) is 0 Å². The molecule has 40 heavy (non-hydrogen) atoms. The molecule has 1 saturated heterocycles. The van der Waals surface area contributed by atoms with Crippen LogP contribution in [-0.4, -0.2) is 85.1 Å². The van der Waals surface area contributed by atoms with Crippen LogP contribution in [0.5, 0.6) is 5.75 Å². The highest BCUT2D eigenvalue weighted by Crippen LogP contribution is 2.38. The van der Waals surface area contributed by atoms with Crippen molar-refractivity contribution < 1.29 is 23.9 Å². The lowest BCUT2D eigenvalue weighted by Crippen LogP contribution is -2.56. The van der Waals surface area contributed by atoms with E-state index in [-0.39, 0.29) is 29.6 Å². The van der Waals surface area contributed by atoms with Crippen LogP contribution in [0, 0.1) is 0 Å². The van der Waals surface area contributed by atoms with Crippen LogP contribution < -0.4 is 10.1 Å². The molecule has 2 aliphatic rings. The molecular formula is C29H34Cl2N4O5. The van der Waals surface area contributed by atoms with Crippen molar-refractivity contribution in [1.82, 2.24) is 20.0 Å². The van der Waals surface area contributed by atoms with E-state index < -0.39 is 12.0 Å². The molecule has 9 nitrogen and oxygen atoms in total. The van der Waals surface area contributed by atoms with E-state index >= 15 is 0 Å². The highest BCUT2D eigenvalue weighted by Gasteiger charge is 2.40. The number of esters is 1. The summed E-state index contributed by atoms with van der Waals surface area (Å²) in [5, 5.41) is 3.51. The maximum atomic E-state index is 13.4. The molecule has 0 bridgehead atoms. The molecular weight excluding hydrogens is 555 g/mol. The van der Waals surface area contributed by atoms with E-state index in [4.69, 9.17) is 32.7 Å². The van der Waals surface area contributed by atoms with Crippen LogP contribution in [0.25, 0.3) is 0 Å². The minimum atomic E-state index is -0.828. The second kappa shape index (κ2) is 12.9. The minimum Gasteiger partial charge on any atom is -0.497 e. The molecule has 11 heteroatoms. The number of urea groups is 1. The number of likely N-dealkylation sites (N-methyl/N-ethyl adjacent to an activating group) is 1. The van der Waals surface area contributed by atoms with Gasteiger partial charge in [-0.1, -0.05) is 35.3 Å². The van der Waals surface area contributed by atoms with Gasteiger partial charge in [0.15, 0.2) is 0 Å². The average molecular weight is 590 g/mol. The van der Waals surface area contributed by atoms with Gasteiger partial charge in [-0.15, -0.1) is 0 Å². The Balaban J connectivity index is 1.63. The molecule has 0 saturated carbocycles. The van der Waals surface area contributed by atoms with Crippen molar-refractivity contribution in [3.05, 3.63) is 74.9 Å². The van der Waals surface area contributed by atoms with Gasteiger partial charge in [0.05, 0.1) is 35.4 Å². The standard InChI is InChI=1S/C29H34Cl2N4O5/c1-5-34-23(17-33-14-15-35(18(3)16-33)27(36)19-10-12-20(39-4)13-11-19)24(28(37)40-6-2)26(32-29(34)38)21-8-7-9-22(30)25(21)31/h7-13,18,26H,5-6,14-17H2,1-4H3,(H,32,38). The number of halogens is 2. The number of piperazine rings is 1. The summed E-state index contributed by atoms with van der Waals surface area (Å²) in [6.07, 6.45) is 0. The molecule has 2 atom stereocenters. The molecule has 2 heterocycles. The fourth-order valence-electron chi connectivity index (χ4n) is 5.22. The lowest BCUT2D eigenvalue weighted by molar-refractivity contribution is -0.139. The molecule has 1 N–H and O–H groups in total. The maximum absolute atomic E-state index is 13.4. The van der Waals surface area contributed by atoms with Gasteiger partial charge in [0, 0.05) is 50.0 Å². The van der Waals surface area contributed by atoms with Gasteiger partial charge >= 0.3 is 12.0 Å². The Morgan fingerprint density at radius 2 is 1.80 bits per heavy atom. The van der Waals surface area contributed by atoms with Crippen molar-refractivity contribution in [2.24, 2.45) is 0 Å². The number of hydrogen-bond acceptors (Lipinski definition) is 6. The summed E-state index contributed by atoms with van der Waals surface area (Å²) in [6, 6.07) is 10.9. The third kappa shape index (κ3) is 6.06. The average Bonchev–Trinajstić information content (AvgIpc) is 2.94. The Morgan fingerprint density at radius 1 is 1.07 bits per heavy atom. The summed E-state index contributed by atoms with van der Waals surface area (Å²) in [7, 11) is 1.59. The van der Waals surface area contributed by atoms with Gasteiger partial charge in [0.2, 0.25) is 0 Å². The molecule has 2 unspecified atom stereocenters. The van der Waals surface area contributed by atoms with Crippen LogP contribution in [0.15, 0.2) is 53.7 Å². The largest absolute Gasteiger partial charge is 0.497 e. The number of hydrogen-bond donors (Lipinski definition) is 1. The normalized spacial score (nSPS) is 19.9. The fourth-order valence-corrected chi connectivity index (χ4v) is 5.64. The van der Waals surface area contributed by atoms with Crippen molar-refractivity contribution in [3.8, 4) is 5.75 Å². The van der Waals surface area contributed by atoms with Crippen molar-refractivity contribution in [3.63, 3.8) is 0 Å². The summed E-state index contributed by atoms with van der Waals surface area (Å²) in [6.45, 7) is 8.04. The lowest BCUT2D eigenvalue weighted by Gasteiger charge is -2.43. The molecule has 2 aromatic rings. The predicted molar refractivity (Wildman–Crippen MR) is 154 cm³/mol. The Hall–Kier alpha value is -3.27. The van der Waals surface area contributed by atoms with Gasteiger partial charge in [0.1, 0.15) is 5.75 Å². The Morgan fingerprint density at radius 3 is 2.42 bits per heavy atom. The third-order valence-corrected chi connectivity index (χ3v) is 8.06. The summed E-state index contributed by atoms with van der Waals surface area (Å²) in [5.41, 5.74) is 1.97. The number of nitrogens with zero attached hydrogens (tertiary/aromatic N) is 3. The number of benzene rings is 2. The second-order valence-corrected chi connectivity index (χ2v) is 10.4. The fraction of sp³-hybridized carbons (Fsp3) is 0.414. The molecule has 214 valence electrons. The minimum absolute atomic E-state index is 0.0517. The summed E-state index contributed by atoms with van der Waals surface area (Å²) in [4.78, 5) is 45.4. The number of amides is 3. The quantitative estimate of drug-likeness (QED) is 0.447. The van der Waals surface area contributed by atoms with E-state index in [9.17, 15) is 14.4 Å². The highest BCUT2D eigenvalue weighted by molar-refractivity contribution is 6.42. The lowest BCUT2D eigenvalue weighted by atomic mass is 9.93. The van der Waals surface area contributed by atoms with Gasteiger partial charge in [0.25, 0.3) is 5.91 Å². The SMILES string of the molecule is CCOC(=O)C1=C(CN2CCN(C(=O)c3ccc(OC)cc3)C(C)C2)N(CC)C(=O)NC1c1cccc(Cl)c1Cl. The van der Waals surface area contributed by atoms with Crippen molar-refractivity contribution >= 4 is 41.1 Å². The first-order chi connectivity index (χ1) is 19.2. The zero-order chi connectivity index (χ0) is 29.0. The van der Waals surface area contributed by atoms with Gasteiger partial charge in [-0.3, -0.25) is 14.6 Å². The van der Waals surface area contributed by atoms with Gasteiger partial charge in [-0.05, 0) is 56.7 Å². The molecule has 2 aromatic carbocycles. The molecule has 2 aliphatic heterocycles. The topological polar surface area (TPSA) is 91.4 Å². The van der Waals surface area contributed by atoms with Crippen LogP contribution in [0.2, 0.25) is 10.0 Å². The van der Waals surface area contributed by atoms with E-state index in [1.54, 1.807) is 61.4 Å². The van der Waals surface area contributed by atoms with Crippen LogP contribution in [-0.2, 0) is 9.53 Å². The maximum Gasteiger partial charge on any atom is 0.338 e. The summed E-state index contributed by atoms with van der Waals surface area (Å²) in [5.74, 6) is 0.108. The number of methoxy groups -OCH3 is 1.